The molecule has 1 aromatic rings. The zero-order valence-corrected chi connectivity index (χ0v) is 10.7. The fourth-order valence-electron chi connectivity index (χ4n) is 1.03. The molecule has 0 unspecified atom stereocenters. The largest absolute Gasteiger partial charge is 1.00 e. The molecule has 0 amide bonds. The van der Waals surface area contributed by atoms with E-state index < -0.39 is 0 Å². The van der Waals surface area contributed by atoms with Gasteiger partial charge in [-0.3, -0.25) is 4.48 Å². The number of hydrogen-bond acceptors (Lipinski definition) is 1. The third-order valence-electron chi connectivity index (χ3n) is 1.85. The monoisotopic (exact) mass is 293 g/mol. The lowest BCUT2D eigenvalue weighted by Gasteiger charge is -2.23. The summed E-state index contributed by atoms with van der Waals surface area (Å²) >= 11 is 0. The summed E-state index contributed by atoms with van der Waals surface area (Å²) in [6.45, 7) is 0. The van der Waals surface area contributed by atoms with Gasteiger partial charge in [-0.05, 0) is 12.1 Å². The second-order valence-corrected chi connectivity index (χ2v) is 3.71. The molecule has 13 heavy (non-hydrogen) atoms. The van der Waals surface area contributed by atoms with E-state index in [4.69, 9.17) is 4.74 Å². The Bertz CT molecular complexity index is 251. The van der Waals surface area contributed by atoms with Crippen LogP contribution in [0.1, 0.15) is 0 Å². The molecular weight excluding hydrogens is 277 g/mol. The first kappa shape index (κ1) is 12.7. The van der Waals surface area contributed by atoms with Gasteiger partial charge in [-0.1, -0.05) is 0 Å². The number of rotatable bonds is 2. The van der Waals surface area contributed by atoms with Crippen LogP contribution < -0.4 is 33.2 Å². The summed E-state index contributed by atoms with van der Waals surface area (Å²) in [4.78, 5) is 0. The van der Waals surface area contributed by atoms with E-state index in [1.165, 1.54) is 5.69 Å². The maximum Gasteiger partial charge on any atom is 0.132 e. The van der Waals surface area contributed by atoms with Gasteiger partial charge in [-0.15, -0.1) is 0 Å². The molecule has 0 heterocycles. The van der Waals surface area contributed by atoms with Gasteiger partial charge in [0.1, 0.15) is 11.4 Å². The van der Waals surface area contributed by atoms with Gasteiger partial charge in [0.25, 0.3) is 0 Å². The van der Waals surface area contributed by atoms with E-state index in [0.29, 0.717) is 0 Å². The number of quaternary nitrogens is 1. The first-order valence-corrected chi connectivity index (χ1v) is 4.00. The molecule has 0 saturated heterocycles. The van der Waals surface area contributed by atoms with Crippen molar-refractivity contribution in [3.63, 3.8) is 0 Å². The molecule has 0 atom stereocenters. The molecule has 3 heteroatoms. The van der Waals surface area contributed by atoms with Crippen molar-refractivity contribution < 1.29 is 28.7 Å². The van der Waals surface area contributed by atoms with E-state index in [0.717, 1.165) is 10.2 Å². The normalized spacial score (nSPS) is 10.5. The highest BCUT2D eigenvalue weighted by Crippen LogP contribution is 2.20. The lowest BCUT2D eigenvalue weighted by atomic mass is 10.2. The molecule has 74 valence electrons. The van der Waals surface area contributed by atoms with Crippen LogP contribution in [0.4, 0.5) is 5.69 Å². The molecule has 1 rings (SSSR count). The van der Waals surface area contributed by atoms with Crippen LogP contribution in [0.2, 0.25) is 0 Å². The number of nitrogens with zero attached hydrogens (tertiary/aromatic N) is 1. The average molecular weight is 293 g/mol. The first-order valence-electron chi connectivity index (χ1n) is 4.00. The fraction of sp³-hybridized carbons (Fsp3) is 0.400. The third kappa shape index (κ3) is 3.52. The Kier molecular flexibility index (Phi) is 4.70. The molecule has 0 spiro atoms. The Balaban J connectivity index is 0.00000144. The van der Waals surface area contributed by atoms with Crippen LogP contribution in [-0.4, -0.2) is 28.3 Å². The first-order chi connectivity index (χ1) is 5.54. The van der Waals surface area contributed by atoms with Gasteiger partial charge in [-0.25, -0.2) is 0 Å². The van der Waals surface area contributed by atoms with E-state index in [-0.39, 0.29) is 24.0 Å². The van der Waals surface area contributed by atoms with E-state index in [1.54, 1.807) is 7.11 Å². The minimum Gasteiger partial charge on any atom is -1.00 e. The van der Waals surface area contributed by atoms with E-state index in [2.05, 4.69) is 33.3 Å². The third-order valence-corrected chi connectivity index (χ3v) is 1.85. The molecule has 1 aromatic carbocycles. The molecule has 0 aliphatic carbocycles. The standard InChI is InChI=1S/C10H16NO.HI/c1-11(2,3)9-5-7-10(12-4)8-6-9;/h5-8H,1-4H3;1H/q+1;/p-1. The molecule has 0 fully saturated rings. The predicted molar refractivity (Wildman–Crippen MR) is 52.6 cm³/mol. The average Bonchev–Trinajstić information content (AvgIpc) is 2.03. The molecule has 0 aliphatic rings. The minimum atomic E-state index is 0. The maximum absolute atomic E-state index is 5.07. The molecule has 0 aromatic heterocycles. The second-order valence-electron chi connectivity index (χ2n) is 3.71. The van der Waals surface area contributed by atoms with Crippen LogP contribution in [0.15, 0.2) is 24.3 Å². The highest BCUT2D eigenvalue weighted by Gasteiger charge is 2.10. The summed E-state index contributed by atoms with van der Waals surface area (Å²) in [5, 5.41) is 0. The van der Waals surface area contributed by atoms with E-state index in [9.17, 15) is 0 Å². The molecular formula is C10H16INO. The summed E-state index contributed by atoms with van der Waals surface area (Å²) in [6.07, 6.45) is 0. The van der Waals surface area contributed by atoms with Crippen molar-refractivity contribution in [3.8, 4) is 5.75 Å². The molecule has 0 saturated carbocycles. The molecule has 0 N–H and O–H groups in total. The SMILES string of the molecule is COc1ccc([N+](C)(C)C)cc1.[I-]. The predicted octanol–water partition coefficient (Wildman–Crippen LogP) is -1.10. The van der Waals surface area contributed by atoms with Crippen molar-refractivity contribution in [3.05, 3.63) is 24.3 Å². The number of ether oxygens (including phenoxy) is 1. The Morgan fingerprint density at radius 1 is 1.00 bits per heavy atom. The van der Waals surface area contributed by atoms with Gasteiger partial charge >= 0.3 is 0 Å². The van der Waals surface area contributed by atoms with Crippen LogP contribution >= 0.6 is 0 Å². The van der Waals surface area contributed by atoms with Crippen LogP contribution in [0.5, 0.6) is 5.75 Å². The van der Waals surface area contributed by atoms with E-state index >= 15 is 0 Å². The van der Waals surface area contributed by atoms with E-state index in [1.807, 2.05) is 12.1 Å². The topological polar surface area (TPSA) is 9.23 Å². The summed E-state index contributed by atoms with van der Waals surface area (Å²) in [5.74, 6) is 0.909. The van der Waals surface area contributed by atoms with Crippen molar-refractivity contribution in [1.82, 2.24) is 4.48 Å². The smallest absolute Gasteiger partial charge is 0.132 e. The van der Waals surface area contributed by atoms with Crippen molar-refractivity contribution >= 4 is 5.69 Å². The Labute approximate surface area is 97.1 Å². The zero-order chi connectivity index (χ0) is 9.19. The van der Waals surface area contributed by atoms with Crippen LogP contribution in [-0.2, 0) is 0 Å². The highest BCUT2D eigenvalue weighted by molar-refractivity contribution is 5.44. The van der Waals surface area contributed by atoms with Crippen LogP contribution in [0.25, 0.3) is 0 Å². The van der Waals surface area contributed by atoms with Crippen molar-refractivity contribution in [2.75, 3.05) is 28.3 Å². The van der Waals surface area contributed by atoms with Crippen molar-refractivity contribution in [2.45, 2.75) is 0 Å². The zero-order valence-electron chi connectivity index (χ0n) is 8.54. The summed E-state index contributed by atoms with van der Waals surface area (Å²) < 4.78 is 5.91. The quantitative estimate of drug-likeness (QED) is 0.497. The maximum atomic E-state index is 5.07. The fourth-order valence-corrected chi connectivity index (χ4v) is 1.03. The van der Waals surface area contributed by atoms with Crippen molar-refractivity contribution in [1.29, 1.82) is 0 Å². The van der Waals surface area contributed by atoms with Gasteiger partial charge in [-0.2, -0.15) is 0 Å². The van der Waals surface area contributed by atoms with Crippen LogP contribution in [0, 0.1) is 0 Å². The van der Waals surface area contributed by atoms with Crippen molar-refractivity contribution in [2.24, 2.45) is 0 Å². The highest BCUT2D eigenvalue weighted by atomic mass is 127. The number of hydrogen-bond donors (Lipinski definition) is 0. The Hall–Kier alpha value is -0.290. The summed E-state index contributed by atoms with van der Waals surface area (Å²) in [6, 6.07) is 8.13. The number of methoxy groups -OCH3 is 1. The Morgan fingerprint density at radius 3 is 1.77 bits per heavy atom. The molecule has 0 radical (unpaired) electrons. The minimum absolute atomic E-state index is 0. The lowest BCUT2D eigenvalue weighted by Crippen LogP contribution is -3.00. The van der Waals surface area contributed by atoms with Gasteiger partial charge in [0.05, 0.1) is 28.3 Å². The molecule has 2 nitrogen and oxygen atoms in total. The van der Waals surface area contributed by atoms with Gasteiger partial charge in [0.15, 0.2) is 0 Å². The summed E-state index contributed by atoms with van der Waals surface area (Å²) in [5.41, 5.74) is 1.27. The Morgan fingerprint density at radius 2 is 1.46 bits per heavy atom. The molecule has 0 aliphatic heterocycles. The van der Waals surface area contributed by atoms with Gasteiger partial charge < -0.3 is 28.7 Å². The van der Waals surface area contributed by atoms with Gasteiger partial charge in [0.2, 0.25) is 0 Å². The number of halogens is 1. The number of benzene rings is 1. The molecule has 0 bridgehead atoms. The summed E-state index contributed by atoms with van der Waals surface area (Å²) in [7, 11) is 8.10. The van der Waals surface area contributed by atoms with Gasteiger partial charge in [0, 0.05) is 12.1 Å². The second kappa shape index (κ2) is 4.81. The lowest BCUT2D eigenvalue weighted by molar-refractivity contribution is -0.00000310. The van der Waals surface area contributed by atoms with Crippen LogP contribution in [0.3, 0.4) is 0 Å².